The standard InChI is InChI=1S/C23H29NO5/c1-15(2)18-8-10-19(11-9-18)24-23(26)16(3)29-22(25)13-7-17-6-12-20(27-4)21(14-17)28-5/h6,8-12,14-16H,7,13H2,1-5H3,(H,24,26)/t16-/m0/s1. The second-order valence-corrected chi connectivity index (χ2v) is 7.09. The third-order valence-electron chi connectivity index (χ3n) is 4.59. The van der Waals surface area contributed by atoms with Crippen molar-refractivity contribution in [3.05, 3.63) is 53.6 Å². The van der Waals surface area contributed by atoms with E-state index in [1.54, 1.807) is 27.2 Å². The quantitative estimate of drug-likeness (QED) is 0.635. The molecule has 6 heteroatoms. The van der Waals surface area contributed by atoms with E-state index in [4.69, 9.17) is 14.2 Å². The monoisotopic (exact) mass is 399 g/mol. The molecule has 2 aromatic rings. The predicted molar refractivity (Wildman–Crippen MR) is 113 cm³/mol. The molecule has 0 radical (unpaired) electrons. The molecule has 0 aliphatic carbocycles. The van der Waals surface area contributed by atoms with Crippen molar-refractivity contribution >= 4 is 17.6 Å². The van der Waals surface area contributed by atoms with Crippen molar-refractivity contribution in [2.75, 3.05) is 19.5 Å². The minimum absolute atomic E-state index is 0.163. The van der Waals surface area contributed by atoms with Crippen LogP contribution in [0.5, 0.6) is 11.5 Å². The lowest BCUT2D eigenvalue weighted by molar-refractivity contribution is -0.153. The number of benzene rings is 2. The van der Waals surface area contributed by atoms with E-state index in [9.17, 15) is 9.59 Å². The molecule has 2 aromatic carbocycles. The number of methoxy groups -OCH3 is 2. The van der Waals surface area contributed by atoms with E-state index in [0.29, 0.717) is 29.5 Å². The topological polar surface area (TPSA) is 73.9 Å². The average molecular weight is 399 g/mol. The van der Waals surface area contributed by atoms with Gasteiger partial charge in [-0.1, -0.05) is 32.0 Å². The number of esters is 1. The number of anilines is 1. The van der Waals surface area contributed by atoms with Crippen molar-refractivity contribution < 1.29 is 23.8 Å². The molecule has 1 N–H and O–H groups in total. The minimum Gasteiger partial charge on any atom is -0.493 e. The molecule has 1 atom stereocenters. The first-order valence-corrected chi connectivity index (χ1v) is 9.65. The molecule has 156 valence electrons. The second kappa shape index (κ2) is 10.5. The normalized spacial score (nSPS) is 11.7. The van der Waals surface area contributed by atoms with E-state index in [1.165, 1.54) is 5.56 Å². The van der Waals surface area contributed by atoms with Crippen LogP contribution >= 0.6 is 0 Å². The molecule has 0 saturated heterocycles. The number of aryl methyl sites for hydroxylation is 1. The maximum absolute atomic E-state index is 12.3. The van der Waals surface area contributed by atoms with Crippen molar-refractivity contribution in [2.45, 2.75) is 45.6 Å². The minimum atomic E-state index is -0.877. The van der Waals surface area contributed by atoms with Gasteiger partial charge in [0.2, 0.25) is 0 Å². The van der Waals surface area contributed by atoms with Gasteiger partial charge in [-0.2, -0.15) is 0 Å². The van der Waals surface area contributed by atoms with Crippen LogP contribution in [0.25, 0.3) is 0 Å². The van der Waals surface area contributed by atoms with Crippen LogP contribution in [0.3, 0.4) is 0 Å². The molecule has 2 rings (SSSR count). The maximum Gasteiger partial charge on any atom is 0.306 e. The molecule has 0 aliphatic heterocycles. The third kappa shape index (κ3) is 6.52. The Kier molecular flexibility index (Phi) is 8.07. The van der Waals surface area contributed by atoms with E-state index in [2.05, 4.69) is 19.2 Å². The van der Waals surface area contributed by atoms with Gasteiger partial charge in [0, 0.05) is 12.1 Å². The highest BCUT2D eigenvalue weighted by atomic mass is 16.5. The summed E-state index contributed by atoms with van der Waals surface area (Å²) in [5.74, 6) is 0.866. The first kappa shape index (κ1) is 22.3. The number of nitrogens with one attached hydrogen (secondary N) is 1. The molecule has 0 fully saturated rings. The lowest BCUT2D eigenvalue weighted by atomic mass is 10.0. The molecule has 0 spiro atoms. The average Bonchev–Trinajstić information content (AvgIpc) is 2.72. The number of rotatable bonds is 9. The zero-order valence-corrected chi connectivity index (χ0v) is 17.7. The fourth-order valence-electron chi connectivity index (χ4n) is 2.79. The van der Waals surface area contributed by atoms with E-state index < -0.39 is 12.1 Å². The summed E-state index contributed by atoms with van der Waals surface area (Å²) in [6.45, 7) is 5.78. The SMILES string of the molecule is COc1ccc(CCC(=O)O[C@@H](C)C(=O)Nc2ccc(C(C)C)cc2)cc1OC. The highest BCUT2D eigenvalue weighted by Gasteiger charge is 2.18. The lowest BCUT2D eigenvalue weighted by Crippen LogP contribution is -2.30. The molecule has 0 saturated carbocycles. The zero-order chi connectivity index (χ0) is 21.4. The fraction of sp³-hybridized carbons (Fsp3) is 0.391. The highest BCUT2D eigenvalue weighted by molar-refractivity contribution is 5.95. The molecule has 29 heavy (non-hydrogen) atoms. The third-order valence-corrected chi connectivity index (χ3v) is 4.59. The van der Waals surface area contributed by atoms with Crippen molar-refractivity contribution in [2.24, 2.45) is 0 Å². The van der Waals surface area contributed by atoms with Crippen LogP contribution in [0.4, 0.5) is 5.69 Å². The molecular weight excluding hydrogens is 370 g/mol. The zero-order valence-electron chi connectivity index (χ0n) is 17.7. The van der Waals surface area contributed by atoms with Crippen molar-refractivity contribution in [3.63, 3.8) is 0 Å². The largest absolute Gasteiger partial charge is 0.493 e. The van der Waals surface area contributed by atoms with Gasteiger partial charge < -0.3 is 19.5 Å². The van der Waals surface area contributed by atoms with Gasteiger partial charge in [0.15, 0.2) is 17.6 Å². The number of hydrogen-bond donors (Lipinski definition) is 1. The van der Waals surface area contributed by atoms with E-state index in [1.807, 2.05) is 36.4 Å². The first-order chi connectivity index (χ1) is 13.8. The molecule has 6 nitrogen and oxygen atoms in total. The van der Waals surface area contributed by atoms with Gasteiger partial charge in [0.25, 0.3) is 5.91 Å². The predicted octanol–water partition coefficient (Wildman–Crippen LogP) is 4.33. The van der Waals surface area contributed by atoms with Gasteiger partial charge in [-0.15, -0.1) is 0 Å². The summed E-state index contributed by atoms with van der Waals surface area (Å²) < 4.78 is 15.7. The van der Waals surface area contributed by atoms with Crippen molar-refractivity contribution in [1.82, 2.24) is 0 Å². The van der Waals surface area contributed by atoms with Gasteiger partial charge in [-0.05, 0) is 54.7 Å². The Balaban J connectivity index is 1.84. The van der Waals surface area contributed by atoms with E-state index in [0.717, 1.165) is 5.56 Å². The van der Waals surface area contributed by atoms with E-state index in [-0.39, 0.29) is 12.3 Å². The molecule has 0 aromatic heterocycles. The van der Waals surface area contributed by atoms with Gasteiger partial charge in [-0.25, -0.2) is 0 Å². The Morgan fingerprint density at radius 2 is 1.59 bits per heavy atom. The van der Waals surface area contributed by atoms with Crippen molar-refractivity contribution in [3.8, 4) is 11.5 Å². The number of carbonyl (C=O) groups is 2. The van der Waals surface area contributed by atoms with Crippen LogP contribution in [0.1, 0.15) is 44.2 Å². The van der Waals surface area contributed by atoms with Gasteiger partial charge in [0.1, 0.15) is 0 Å². The van der Waals surface area contributed by atoms with Crippen LogP contribution in [-0.2, 0) is 20.7 Å². The van der Waals surface area contributed by atoms with Crippen molar-refractivity contribution in [1.29, 1.82) is 0 Å². The molecule has 0 bridgehead atoms. The van der Waals surface area contributed by atoms with E-state index >= 15 is 0 Å². The Morgan fingerprint density at radius 3 is 2.17 bits per heavy atom. The summed E-state index contributed by atoms with van der Waals surface area (Å²) in [5, 5.41) is 2.77. The fourth-order valence-corrected chi connectivity index (χ4v) is 2.79. The Morgan fingerprint density at radius 1 is 0.931 bits per heavy atom. The first-order valence-electron chi connectivity index (χ1n) is 9.65. The molecule has 0 aliphatic rings. The number of hydrogen-bond acceptors (Lipinski definition) is 5. The highest BCUT2D eigenvalue weighted by Crippen LogP contribution is 2.28. The summed E-state index contributed by atoms with van der Waals surface area (Å²) in [4.78, 5) is 24.4. The van der Waals surface area contributed by atoms with Crippen LogP contribution in [0, 0.1) is 0 Å². The van der Waals surface area contributed by atoms with Crippen LogP contribution < -0.4 is 14.8 Å². The number of ether oxygens (including phenoxy) is 3. The Hall–Kier alpha value is -3.02. The lowest BCUT2D eigenvalue weighted by Gasteiger charge is -2.14. The second-order valence-electron chi connectivity index (χ2n) is 7.09. The Labute approximate surface area is 172 Å². The van der Waals surface area contributed by atoms with Crippen LogP contribution in [0.2, 0.25) is 0 Å². The maximum atomic E-state index is 12.3. The number of carbonyl (C=O) groups excluding carboxylic acids is 2. The van der Waals surface area contributed by atoms with Crippen LogP contribution in [0.15, 0.2) is 42.5 Å². The molecular formula is C23H29NO5. The summed E-state index contributed by atoms with van der Waals surface area (Å²) >= 11 is 0. The van der Waals surface area contributed by atoms with Gasteiger partial charge in [0.05, 0.1) is 14.2 Å². The van der Waals surface area contributed by atoms with Gasteiger partial charge >= 0.3 is 5.97 Å². The van der Waals surface area contributed by atoms with Crippen LogP contribution in [-0.4, -0.2) is 32.2 Å². The summed E-state index contributed by atoms with van der Waals surface area (Å²) in [6.07, 6.45) is -0.238. The Bertz CT molecular complexity index is 830. The summed E-state index contributed by atoms with van der Waals surface area (Å²) in [5.41, 5.74) is 2.78. The number of amides is 1. The smallest absolute Gasteiger partial charge is 0.306 e. The molecule has 0 heterocycles. The molecule has 0 unspecified atom stereocenters. The summed E-state index contributed by atoms with van der Waals surface area (Å²) in [7, 11) is 3.13. The summed E-state index contributed by atoms with van der Waals surface area (Å²) in [6, 6.07) is 13.1. The van der Waals surface area contributed by atoms with Gasteiger partial charge in [-0.3, -0.25) is 9.59 Å². The molecule has 1 amide bonds.